The lowest BCUT2D eigenvalue weighted by atomic mass is 10.2. The highest BCUT2D eigenvalue weighted by atomic mass is 32.2. The largest absolute Gasteiger partial charge is 0.492 e. The van der Waals surface area contributed by atoms with E-state index in [2.05, 4.69) is 10.2 Å². The predicted molar refractivity (Wildman–Crippen MR) is 116 cm³/mol. The second-order valence-corrected chi connectivity index (χ2v) is 8.60. The first-order chi connectivity index (χ1) is 14.5. The SMILES string of the molecule is CCOC(=O)Nc1cc(S(=O)(=O)N2CCN(c3ccccc3)CC2)ccc1OCC. The molecular weight excluding hydrogens is 406 g/mol. The van der Waals surface area contributed by atoms with E-state index < -0.39 is 16.1 Å². The van der Waals surface area contributed by atoms with Gasteiger partial charge in [0.25, 0.3) is 0 Å². The molecule has 1 N–H and O–H groups in total. The molecule has 0 radical (unpaired) electrons. The van der Waals surface area contributed by atoms with Crippen LogP contribution in [0.25, 0.3) is 0 Å². The Kier molecular flexibility index (Phi) is 7.17. The van der Waals surface area contributed by atoms with Crippen LogP contribution in [0.4, 0.5) is 16.2 Å². The molecule has 162 valence electrons. The number of piperazine rings is 1. The van der Waals surface area contributed by atoms with Crippen LogP contribution in [0.3, 0.4) is 0 Å². The fraction of sp³-hybridized carbons (Fsp3) is 0.381. The van der Waals surface area contributed by atoms with E-state index in [4.69, 9.17) is 9.47 Å². The molecule has 2 aromatic carbocycles. The van der Waals surface area contributed by atoms with E-state index in [9.17, 15) is 13.2 Å². The van der Waals surface area contributed by atoms with Gasteiger partial charge >= 0.3 is 6.09 Å². The van der Waals surface area contributed by atoms with Crippen molar-refractivity contribution in [2.45, 2.75) is 18.7 Å². The zero-order valence-electron chi connectivity index (χ0n) is 17.2. The van der Waals surface area contributed by atoms with Crippen LogP contribution >= 0.6 is 0 Å². The van der Waals surface area contributed by atoms with E-state index in [1.54, 1.807) is 13.0 Å². The average Bonchev–Trinajstić information content (AvgIpc) is 2.76. The monoisotopic (exact) mass is 433 g/mol. The van der Waals surface area contributed by atoms with Crippen molar-refractivity contribution in [3.8, 4) is 5.75 Å². The summed E-state index contributed by atoms with van der Waals surface area (Å²) in [7, 11) is -3.71. The standard InChI is InChI=1S/C21H27N3O5S/c1-3-28-20-11-10-18(16-19(20)22-21(25)29-4-2)30(26,27)24-14-12-23(13-15-24)17-8-6-5-7-9-17/h5-11,16H,3-4,12-15H2,1-2H3,(H,22,25). The van der Waals surface area contributed by atoms with Crippen LogP contribution in [-0.2, 0) is 14.8 Å². The number of sulfonamides is 1. The quantitative estimate of drug-likeness (QED) is 0.722. The topological polar surface area (TPSA) is 88.2 Å². The summed E-state index contributed by atoms with van der Waals surface area (Å²) < 4.78 is 38.3. The lowest BCUT2D eigenvalue weighted by molar-refractivity contribution is 0.167. The third-order valence-corrected chi connectivity index (χ3v) is 6.66. The number of para-hydroxylation sites is 1. The van der Waals surface area contributed by atoms with E-state index in [1.807, 2.05) is 37.3 Å². The molecule has 0 spiro atoms. The van der Waals surface area contributed by atoms with Crippen LogP contribution in [0.1, 0.15) is 13.8 Å². The van der Waals surface area contributed by atoms with Crippen molar-refractivity contribution in [1.29, 1.82) is 0 Å². The molecule has 1 saturated heterocycles. The van der Waals surface area contributed by atoms with Crippen molar-refractivity contribution in [3.63, 3.8) is 0 Å². The van der Waals surface area contributed by atoms with Crippen LogP contribution in [0, 0.1) is 0 Å². The molecule has 0 bridgehead atoms. The highest BCUT2D eigenvalue weighted by Gasteiger charge is 2.29. The number of rotatable bonds is 7. The molecule has 1 amide bonds. The number of carbonyl (C=O) groups excluding carboxylic acids is 1. The summed E-state index contributed by atoms with van der Waals surface area (Å²) in [4.78, 5) is 14.1. The van der Waals surface area contributed by atoms with Gasteiger partial charge in [0, 0.05) is 31.9 Å². The Morgan fingerprint density at radius 2 is 1.70 bits per heavy atom. The Morgan fingerprint density at radius 3 is 2.33 bits per heavy atom. The van der Waals surface area contributed by atoms with E-state index >= 15 is 0 Å². The maximum Gasteiger partial charge on any atom is 0.411 e. The molecule has 1 heterocycles. The molecule has 0 saturated carbocycles. The lowest BCUT2D eigenvalue weighted by Crippen LogP contribution is -2.48. The van der Waals surface area contributed by atoms with Crippen molar-refractivity contribution >= 4 is 27.5 Å². The highest BCUT2D eigenvalue weighted by molar-refractivity contribution is 7.89. The van der Waals surface area contributed by atoms with Gasteiger partial charge in [-0.2, -0.15) is 4.31 Å². The molecule has 9 heteroatoms. The van der Waals surface area contributed by atoms with Crippen molar-refractivity contribution < 1.29 is 22.7 Å². The van der Waals surface area contributed by atoms with Gasteiger partial charge in [-0.3, -0.25) is 5.32 Å². The third-order valence-electron chi connectivity index (χ3n) is 4.76. The molecule has 0 aliphatic carbocycles. The normalized spacial score (nSPS) is 14.9. The number of hydrogen-bond donors (Lipinski definition) is 1. The van der Waals surface area contributed by atoms with Crippen LogP contribution in [-0.4, -0.2) is 58.2 Å². The Labute approximate surface area is 177 Å². The average molecular weight is 434 g/mol. The van der Waals surface area contributed by atoms with Gasteiger partial charge in [0.15, 0.2) is 0 Å². The molecule has 1 aliphatic heterocycles. The number of anilines is 2. The van der Waals surface area contributed by atoms with Gasteiger partial charge in [0.2, 0.25) is 10.0 Å². The fourth-order valence-corrected chi connectivity index (χ4v) is 4.75. The van der Waals surface area contributed by atoms with Crippen molar-refractivity contribution in [2.75, 3.05) is 49.6 Å². The third kappa shape index (κ3) is 5.03. The maximum atomic E-state index is 13.2. The van der Waals surface area contributed by atoms with Gasteiger partial charge in [-0.05, 0) is 44.2 Å². The Morgan fingerprint density at radius 1 is 1.00 bits per heavy atom. The van der Waals surface area contributed by atoms with Crippen LogP contribution in [0.5, 0.6) is 5.75 Å². The second-order valence-electron chi connectivity index (χ2n) is 6.66. The minimum absolute atomic E-state index is 0.103. The van der Waals surface area contributed by atoms with Gasteiger partial charge in [-0.1, -0.05) is 18.2 Å². The predicted octanol–water partition coefficient (Wildman–Crippen LogP) is 3.16. The molecular formula is C21H27N3O5S. The Bertz CT molecular complexity index is 958. The van der Waals surface area contributed by atoms with Crippen molar-refractivity contribution in [2.24, 2.45) is 0 Å². The van der Waals surface area contributed by atoms with E-state index in [0.29, 0.717) is 38.5 Å². The fourth-order valence-electron chi connectivity index (χ4n) is 3.30. The number of benzene rings is 2. The molecule has 8 nitrogen and oxygen atoms in total. The van der Waals surface area contributed by atoms with Gasteiger partial charge in [0.05, 0.1) is 23.8 Å². The zero-order chi connectivity index (χ0) is 21.6. The first kappa shape index (κ1) is 21.9. The second kappa shape index (κ2) is 9.82. The minimum atomic E-state index is -3.71. The number of amides is 1. The molecule has 0 unspecified atom stereocenters. The summed E-state index contributed by atoms with van der Waals surface area (Å²) in [5.41, 5.74) is 1.34. The summed E-state index contributed by atoms with van der Waals surface area (Å²) in [6.07, 6.45) is -0.663. The number of hydrogen-bond acceptors (Lipinski definition) is 6. The smallest absolute Gasteiger partial charge is 0.411 e. The molecule has 2 aromatic rings. The lowest BCUT2D eigenvalue weighted by Gasteiger charge is -2.35. The van der Waals surface area contributed by atoms with Gasteiger partial charge in [-0.15, -0.1) is 0 Å². The molecule has 1 fully saturated rings. The van der Waals surface area contributed by atoms with Crippen molar-refractivity contribution in [1.82, 2.24) is 4.31 Å². The Hall–Kier alpha value is -2.78. The minimum Gasteiger partial charge on any atom is -0.492 e. The molecule has 1 aliphatic rings. The van der Waals surface area contributed by atoms with E-state index in [-0.39, 0.29) is 17.2 Å². The molecule has 30 heavy (non-hydrogen) atoms. The maximum absolute atomic E-state index is 13.2. The van der Waals surface area contributed by atoms with Crippen LogP contribution < -0.4 is 15.0 Å². The number of ether oxygens (including phenoxy) is 2. The summed E-state index contributed by atoms with van der Waals surface area (Å²) in [5.74, 6) is 0.387. The van der Waals surface area contributed by atoms with Gasteiger partial charge in [0.1, 0.15) is 5.75 Å². The van der Waals surface area contributed by atoms with Crippen LogP contribution in [0.2, 0.25) is 0 Å². The molecule has 0 aromatic heterocycles. The zero-order valence-corrected chi connectivity index (χ0v) is 18.0. The molecule has 3 rings (SSSR count). The van der Waals surface area contributed by atoms with Gasteiger partial charge in [-0.25, -0.2) is 13.2 Å². The summed E-state index contributed by atoms with van der Waals surface area (Å²) in [5, 5.41) is 2.56. The summed E-state index contributed by atoms with van der Waals surface area (Å²) in [6.45, 7) is 6.06. The van der Waals surface area contributed by atoms with Gasteiger partial charge < -0.3 is 14.4 Å². The number of nitrogens with one attached hydrogen (secondary N) is 1. The van der Waals surface area contributed by atoms with Crippen molar-refractivity contribution in [3.05, 3.63) is 48.5 Å². The first-order valence-corrected chi connectivity index (χ1v) is 11.4. The number of nitrogens with zero attached hydrogens (tertiary/aromatic N) is 2. The summed E-state index contributed by atoms with van der Waals surface area (Å²) in [6, 6.07) is 14.4. The van der Waals surface area contributed by atoms with E-state index in [0.717, 1.165) is 5.69 Å². The molecule has 0 atom stereocenters. The first-order valence-electron chi connectivity index (χ1n) is 9.96. The Balaban J connectivity index is 1.77. The summed E-state index contributed by atoms with van der Waals surface area (Å²) >= 11 is 0. The number of carbonyl (C=O) groups is 1. The highest BCUT2D eigenvalue weighted by Crippen LogP contribution is 2.30. The van der Waals surface area contributed by atoms with Crippen LogP contribution in [0.15, 0.2) is 53.4 Å². The van der Waals surface area contributed by atoms with E-state index in [1.165, 1.54) is 16.4 Å².